The van der Waals surface area contributed by atoms with Crippen molar-refractivity contribution >= 4 is 70.9 Å². The van der Waals surface area contributed by atoms with Crippen molar-refractivity contribution in [2.75, 3.05) is 0 Å². The van der Waals surface area contributed by atoms with Gasteiger partial charge in [0.2, 0.25) is 0 Å². The van der Waals surface area contributed by atoms with Gasteiger partial charge < -0.3 is 9.47 Å². The summed E-state index contributed by atoms with van der Waals surface area (Å²) < 4.78 is 44.1. The predicted octanol–water partition coefficient (Wildman–Crippen LogP) is 5.05. The Morgan fingerprint density at radius 2 is 1.18 bits per heavy atom. The second-order valence-corrected chi connectivity index (χ2v) is 9.51. The molecule has 0 saturated carbocycles. The van der Waals surface area contributed by atoms with E-state index in [9.17, 15) is 22.6 Å². The van der Waals surface area contributed by atoms with Crippen LogP contribution in [0, 0.1) is 0 Å². The number of rotatable bonds is 15. The number of hydrogen-bond acceptors (Lipinski definition) is 6. The molecule has 0 bridgehead atoms. The maximum atomic E-state index is 12.7. The van der Waals surface area contributed by atoms with Crippen molar-refractivity contribution in [2.45, 2.75) is 109 Å². The Kier molecular flexibility index (Phi) is 16.9. The van der Waals surface area contributed by atoms with Crippen LogP contribution in [0.5, 0.6) is 0 Å². The van der Waals surface area contributed by atoms with Crippen molar-refractivity contribution in [2.24, 2.45) is 0 Å². The van der Waals surface area contributed by atoms with Crippen LogP contribution in [0.1, 0.15) is 113 Å². The molecular formula is C24H40BaO7S. The Morgan fingerprint density at radius 3 is 1.48 bits per heavy atom. The molecule has 2 atom stereocenters. The van der Waals surface area contributed by atoms with Gasteiger partial charge in [-0.25, -0.2) is 9.59 Å². The normalized spacial score (nSPS) is 13.0. The Labute approximate surface area is 239 Å². The van der Waals surface area contributed by atoms with E-state index >= 15 is 0 Å². The van der Waals surface area contributed by atoms with Crippen LogP contribution in [0.2, 0.25) is 0 Å². The molecule has 0 aromatic heterocycles. The molecule has 0 radical (unpaired) electrons. The van der Waals surface area contributed by atoms with Gasteiger partial charge in [-0.15, -0.1) is 0 Å². The van der Waals surface area contributed by atoms with Crippen LogP contribution in [0.4, 0.5) is 0 Å². The van der Waals surface area contributed by atoms with Crippen LogP contribution in [0.15, 0.2) is 23.1 Å². The number of ether oxygens (including phenoxy) is 2. The molecule has 0 fully saturated rings. The van der Waals surface area contributed by atoms with Gasteiger partial charge in [0, 0.05) is 0 Å². The average Bonchev–Trinajstić information content (AvgIpc) is 2.76. The SMILES string of the molecule is CCCCCC(CC)OC(=O)c1cc(C(=O)OC(CC)CCCCC)cc(S(=O)(=O)O)c1.[BaH2]. The quantitative estimate of drug-likeness (QED) is 0.128. The molecule has 7 nitrogen and oxygen atoms in total. The van der Waals surface area contributed by atoms with Gasteiger partial charge in [-0.2, -0.15) is 8.42 Å². The van der Waals surface area contributed by atoms with Gasteiger partial charge in [0.05, 0.1) is 16.0 Å². The first kappa shape index (κ1) is 32.6. The maximum absolute atomic E-state index is 12.7. The third-order valence-electron chi connectivity index (χ3n) is 5.39. The molecule has 9 heteroatoms. The Balaban J connectivity index is 0.0000102. The zero-order valence-corrected chi connectivity index (χ0v) is 20.6. The molecule has 186 valence electrons. The van der Waals surface area contributed by atoms with Gasteiger partial charge in [-0.3, -0.25) is 4.55 Å². The monoisotopic (exact) mass is 610 g/mol. The van der Waals surface area contributed by atoms with Crippen LogP contribution in [0.25, 0.3) is 0 Å². The minimum atomic E-state index is -4.63. The summed E-state index contributed by atoms with van der Waals surface area (Å²) in [5, 5.41) is 0. The topological polar surface area (TPSA) is 107 Å². The van der Waals surface area contributed by atoms with Crippen molar-refractivity contribution in [1.82, 2.24) is 0 Å². The summed E-state index contributed by atoms with van der Waals surface area (Å²) in [5.41, 5.74) is -0.222. The van der Waals surface area contributed by atoms with E-state index in [2.05, 4.69) is 13.8 Å². The number of benzene rings is 1. The van der Waals surface area contributed by atoms with Gasteiger partial charge in [0.1, 0.15) is 12.2 Å². The standard InChI is InChI=1S/C24H38O7S.Ba.2H/c1-5-9-11-13-20(7-3)30-23(25)18-15-19(17-22(16-18)32(27,28)29)24(26)31-21(8-4)14-12-10-6-2;;;/h15-17,20-21H,5-14H2,1-4H3,(H,27,28,29);;;. The molecule has 0 aliphatic rings. The van der Waals surface area contributed by atoms with Crippen LogP contribution in [0.3, 0.4) is 0 Å². The van der Waals surface area contributed by atoms with Gasteiger partial charge in [0.25, 0.3) is 10.1 Å². The third-order valence-corrected chi connectivity index (χ3v) is 6.22. The van der Waals surface area contributed by atoms with E-state index in [1.54, 1.807) is 0 Å². The third kappa shape index (κ3) is 12.2. The van der Waals surface area contributed by atoms with E-state index in [4.69, 9.17) is 9.47 Å². The molecule has 0 saturated heterocycles. The van der Waals surface area contributed by atoms with Crippen LogP contribution >= 0.6 is 0 Å². The zero-order valence-electron chi connectivity index (χ0n) is 19.8. The van der Waals surface area contributed by atoms with Crippen molar-refractivity contribution in [3.05, 3.63) is 29.3 Å². The molecule has 1 aromatic rings. The molecule has 0 spiro atoms. The van der Waals surface area contributed by atoms with E-state index in [0.717, 1.165) is 50.7 Å². The first-order valence-electron chi connectivity index (χ1n) is 11.7. The van der Waals surface area contributed by atoms with E-state index in [-0.39, 0.29) is 72.2 Å². The molecule has 1 N–H and O–H groups in total. The van der Waals surface area contributed by atoms with Crippen LogP contribution in [-0.2, 0) is 19.6 Å². The summed E-state index contributed by atoms with van der Waals surface area (Å²) >= 11 is 0. The predicted molar refractivity (Wildman–Crippen MR) is 132 cm³/mol. The zero-order chi connectivity index (χ0) is 24.1. The molecule has 2 unspecified atom stereocenters. The fourth-order valence-corrected chi connectivity index (χ4v) is 3.91. The summed E-state index contributed by atoms with van der Waals surface area (Å²) in [5.74, 6) is -1.47. The fraction of sp³-hybridized carbons (Fsp3) is 0.667. The van der Waals surface area contributed by atoms with Crippen LogP contribution < -0.4 is 0 Å². The van der Waals surface area contributed by atoms with Gasteiger partial charge >= 0.3 is 60.8 Å². The summed E-state index contributed by atoms with van der Waals surface area (Å²) in [6.45, 7) is 7.98. The first-order valence-corrected chi connectivity index (χ1v) is 13.1. The first-order chi connectivity index (χ1) is 15.2. The van der Waals surface area contributed by atoms with Crippen LogP contribution in [-0.4, -0.2) is 86.0 Å². The summed E-state index contributed by atoms with van der Waals surface area (Å²) in [4.78, 5) is 24.9. The molecular weight excluding hydrogens is 570 g/mol. The van der Waals surface area contributed by atoms with E-state index in [1.807, 2.05) is 13.8 Å². The van der Waals surface area contributed by atoms with Crippen molar-refractivity contribution < 1.29 is 32.0 Å². The number of hydrogen-bond donors (Lipinski definition) is 1. The fourth-order valence-electron chi connectivity index (χ4n) is 3.36. The molecule has 0 aliphatic carbocycles. The Bertz CT molecular complexity index is 789. The summed E-state index contributed by atoms with van der Waals surface area (Å²) in [6, 6.07) is 3.30. The van der Waals surface area contributed by atoms with Gasteiger partial charge in [-0.05, 0) is 56.7 Å². The average molecular weight is 610 g/mol. The number of carbonyl (C=O) groups excluding carboxylic acids is 2. The Hall–Kier alpha value is -0.359. The minimum absolute atomic E-state index is 0. The molecule has 33 heavy (non-hydrogen) atoms. The molecule has 0 aliphatic heterocycles. The molecule has 1 rings (SSSR count). The second-order valence-electron chi connectivity index (χ2n) is 8.08. The van der Waals surface area contributed by atoms with E-state index < -0.39 is 27.0 Å². The number of unbranched alkanes of at least 4 members (excludes halogenated alkanes) is 4. The van der Waals surface area contributed by atoms with Gasteiger partial charge in [0.15, 0.2) is 0 Å². The second kappa shape index (κ2) is 17.1. The number of carbonyl (C=O) groups is 2. The van der Waals surface area contributed by atoms with Crippen molar-refractivity contribution in [3.63, 3.8) is 0 Å². The van der Waals surface area contributed by atoms with Gasteiger partial charge in [-0.1, -0.05) is 53.4 Å². The number of esters is 2. The van der Waals surface area contributed by atoms with Crippen molar-refractivity contribution in [3.8, 4) is 0 Å². The molecule has 0 amide bonds. The summed E-state index contributed by atoms with van der Waals surface area (Å²) in [7, 11) is -4.63. The van der Waals surface area contributed by atoms with Crippen molar-refractivity contribution in [1.29, 1.82) is 0 Å². The molecule has 1 aromatic carbocycles. The van der Waals surface area contributed by atoms with E-state index in [1.165, 1.54) is 6.07 Å². The Morgan fingerprint density at radius 1 is 0.788 bits per heavy atom. The van der Waals surface area contributed by atoms with E-state index in [0.29, 0.717) is 25.7 Å². The molecule has 0 heterocycles. The summed E-state index contributed by atoms with van der Waals surface area (Å²) in [6.07, 6.45) is 8.03.